The first-order valence-electron chi connectivity index (χ1n) is 8.31. The lowest BCUT2D eigenvalue weighted by Gasteiger charge is -2.38. The summed E-state index contributed by atoms with van der Waals surface area (Å²) in [5.41, 5.74) is 2.30. The number of anilines is 1. The van der Waals surface area contributed by atoms with Crippen LogP contribution in [0.15, 0.2) is 36.4 Å². The van der Waals surface area contributed by atoms with Crippen LogP contribution in [0.5, 0.6) is 0 Å². The maximum Gasteiger partial charge on any atom is 0.356 e. The van der Waals surface area contributed by atoms with E-state index in [1.165, 1.54) is 5.69 Å². The number of carboxylic acids is 1. The monoisotopic (exact) mass is 328 g/mol. The SMILES string of the molecule is CN(Cc1cc(C(=O)O)nn1C)C1CCCN(c2ccccc2)C1. The predicted molar refractivity (Wildman–Crippen MR) is 93.3 cm³/mol. The highest BCUT2D eigenvalue weighted by Gasteiger charge is 2.24. The molecule has 0 amide bonds. The number of aryl methyl sites for hydroxylation is 1. The minimum absolute atomic E-state index is 0.107. The third-order valence-electron chi connectivity index (χ3n) is 4.75. The number of hydrogen-bond acceptors (Lipinski definition) is 4. The molecule has 1 aromatic heterocycles. The van der Waals surface area contributed by atoms with E-state index in [0.29, 0.717) is 12.6 Å². The topological polar surface area (TPSA) is 61.6 Å². The normalized spacial score (nSPS) is 18.1. The van der Waals surface area contributed by atoms with Gasteiger partial charge in [0.25, 0.3) is 0 Å². The Bertz CT molecular complexity index is 698. The molecule has 1 aliphatic rings. The Hall–Kier alpha value is -2.34. The summed E-state index contributed by atoms with van der Waals surface area (Å²) in [6.45, 7) is 2.78. The van der Waals surface area contributed by atoms with E-state index in [1.54, 1.807) is 17.8 Å². The van der Waals surface area contributed by atoms with Crippen molar-refractivity contribution in [1.82, 2.24) is 14.7 Å². The summed E-state index contributed by atoms with van der Waals surface area (Å²) in [5, 5.41) is 13.1. The highest BCUT2D eigenvalue weighted by molar-refractivity contribution is 5.85. The number of rotatable bonds is 5. The predicted octanol–water partition coefficient (Wildman–Crippen LogP) is 2.22. The zero-order valence-electron chi connectivity index (χ0n) is 14.2. The molecular weight excluding hydrogens is 304 g/mol. The van der Waals surface area contributed by atoms with Gasteiger partial charge in [0.2, 0.25) is 0 Å². The van der Waals surface area contributed by atoms with Crippen molar-refractivity contribution in [3.63, 3.8) is 0 Å². The van der Waals surface area contributed by atoms with E-state index in [4.69, 9.17) is 5.11 Å². The van der Waals surface area contributed by atoms with Crippen LogP contribution in [0.2, 0.25) is 0 Å². The molecule has 0 saturated carbocycles. The van der Waals surface area contributed by atoms with Crippen LogP contribution in [-0.2, 0) is 13.6 Å². The number of nitrogens with zero attached hydrogens (tertiary/aromatic N) is 4. The van der Waals surface area contributed by atoms with Crippen molar-refractivity contribution in [3.05, 3.63) is 47.8 Å². The van der Waals surface area contributed by atoms with E-state index in [-0.39, 0.29) is 5.69 Å². The largest absolute Gasteiger partial charge is 0.476 e. The molecule has 0 bridgehead atoms. The second-order valence-electron chi connectivity index (χ2n) is 6.44. The van der Waals surface area contributed by atoms with E-state index in [2.05, 4.69) is 46.2 Å². The number of para-hydroxylation sites is 1. The molecule has 24 heavy (non-hydrogen) atoms. The van der Waals surface area contributed by atoms with Gasteiger partial charge in [-0.1, -0.05) is 18.2 Å². The van der Waals surface area contributed by atoms with Crippen molar-refractivity contribution in [2.45, 2.75) is 25.4 Å². The summed E-state index contributed by atoms with van der Waals surface area (Å²) < 4.78 is 1.66. The molecule has 0 radical (unpaired) electrons. The number of piperidine rings is 1. The van der Waals surface area contributed by atoms with Crippen LogP contribution >= 0.6 is 0 Å². The lowest BCUT2D eigenvalue weighted by molar-refractivity contribution is 0.0689. The van der Waals surface area contributed by atoms with Crippen LogP contribution in [0, 0.1) is 0 Å². The Morgan fingerprint density at radius 2 is 2.12 bits per heavy atom. The fourth-order valence-electron chi connectivity index (χ4n) is 3.33. The summed E-state index contributed by atoms with van der Waals surface area (Å²) in [6, 6.07) is 12.6. The first-order chi connectivity index (χ1) is 11.5. The maximum atomic E-state index is 11.1. The zero-order valence-corrected chi connectivity index (χ0v) is 14.2. The van der Waals surface area contributed by atoms with Crippen molar-refractivity contribution < 1.29 is 9.90 Å². The summed E-state index contributed by atoms with van der Waals surface area (Å²) >= 11 is 0. The molecule has 2 aromatic rings. The molecule has 6 heteroatoms. The molecule has 1 atom stereocenters. The first-order valence-corrected chi connectivity index (χ1v) is 8.31. The molecule has 0 aliphatic carbocycles. The summed E-state index contributed by atoms with van der Waals surface area (Å²) in [5.74, 6) is -0.979. The molecule has 6 nitrogen and oxygen atoms in total. The number of aromatic nitrogens is 2. The van der Waals surface area contributed by atoms with Gasteiger partial charge in [0, 0.05) is 38.4 Å². The van der Waals surface area contributed by atoms with Gasteiger partial charge in [0.05, 0.1) is 5.69 Å². The molecule has 2 heterocycles. The number of carbonyl (C=O) groups is 1. The highest BCUT2D eigenvalue weighted by atomic mass is 16.4. The Kier molecular flexibility index (Phi) is 4.85. The van der Waals surface area contributed by atoms with Gasteiger partial charge in [0.15, 0.2) is 5.69 Å². The lowest BCUT2D eigenvalue weighted by Crippen LogP contribution is -2.46. The lowest BCUT2D eigenvalue weighted by atomic mass is 10.0. The van der Waals surface area contributed by atoms with E-state index >= 15 is 0 Å². The quantitative estimate of drug-likeness (QED) is 0.912. The van der Waals surface area contributed by atoms with Gasteiger partial charge in [0.1, 0.15) is 0 Å². The van der Waals surface area contributed by atoms with Crippen molar-refractivity contribution in [3.8, 4) is 0 Å². The average molecular weight is 328 g/mol. The summed E-state index contributed by atoms with van der Waals surface area (Å²) in [7, 11) is 3.90. The molecular formula is C18H24N4O2. The molecule has 0 spiro atoms. The number of aromatic carboxylic acids is 1. The van der Waals surface area contributed by atoms with Gasteiger partial charge in [-0.3, -0.25) is 9.58 Å². The first kappa shape index (κ1) is 16.5. The van der Waals surface area contributed by atoms with Crippen LogP contribution in [0.25, 0.3) is 0 Å². The van der Waals surface area contributed by atoms with Crippen molar-refractivity contribution in [1.29, 1.82) is 0 Å². The Balaban J connectivity index is 1.66. The Morgan fingerprint density at radius 3 is 2.79 bits per heavy atom. The Morgan fingerprint density at radius 1 is 1.38 bits per heavy atom. The number of benzene rings is 1. The molecule has 1 fully saturated rings. The second kappa shape index (κ2) is 7.05. The van der Waals surface area contributed by atoms with Crippen molar-refractivity contribution in [2.75, 3.05) is 25.0 Å². The van der Waals surface area contributed by atoms with Crippen molar-refractivity contribution in [2.24, 2.45) is 7.05 Å². The van der Waals surface area contributed by atoms with Gasteiger partial charge in [-0.25, -0.2) is 4.79 Å². The fraction of sp³-hybridized carbons (Fsp3) is 0.444. The zero-order chi connectivity index (χ0) is 17.1. The molecule has 1 aromatic carbocycles. The van der Waals surface area contributed by atoms with Crippen LogP contribution in [0.1, 0.15) is 29.0 Å². The minimum atomic E-state index is -0.979. The van der Waals surface area contributed by atoms with Gasteiger partial charge in [-0.2, -0.15) is 5.10 Å². The molecule has 1 aliphatic heterocycles. The standard InChI is InChI=1S/C18H24N4O2/c1-20(12-16-11-17(18(23)24)19-21(16)2)15-9-6-10-22(13-15)14-7-4-3-5-8-14/h3-5,7-8,11,15H,6,9-10,12-13H2,1-2H3,(H,23,24). The molecule has 1 saturated heterocycles. The smallest absolute Gasteiger partial charge is 0.356 e. The van der Waals surface area contributed by atoms with Crippen molar-refractivity contribution >= 4 is 11.7 Å². The molecule has 3 rings (SSSR count). The number of likely N-dealkylation sites (N-methyl/N-ethyl adjacent to an activating group) is 1. The van der Waals surface area contributed by atoms with Crippen LogP contribution in [0.4, 0.5) is 5.69 Å². The Labute approximate surface area is 142 Å². The van der Waals surface area contributed by atoms with Crippen LogP contribution < -0.4 is 4.90 Å². The van der Waals surface area contributed by atoms with Gasteiger partial charge in [-0.05, 0) is 38.1 Å². The van der Waals surface area contributed by atoms with Gasteiger partial charge >= 0.3 is 5.97 Å². The average Bonchev–Trinajstić information content (AvgIpc) is 2.97. The molecule has 1 N–H and O–H groups in total. The number of carboxylic acid groups (broad SMARTS) is 1. The van der Waals surface area contributed by atoms with Crippen LogP contribution in [0.3, 0.4) is 0 Å². The fourth-order valence-corrected chi connectivity index (χ4v) is 3.33. The van der Waals surface area contributed by atoms with E-state index in [9.17, 15) is 4.79 Å². The molecule has 1 unspecified atom stereocenters. The highest BCUT2D eigenvalue weighted by Crippen LogP contribution is 2.22. The van der Waals surface area contributed by atoms with E-state index in [0.717, 1.165) is 31.6 Å². The summed E-state index contributed by atoms with van der Waals surface area (Å²) in [6.07, 6.45) is 2.32. The van der Waals surface area contributed by atoms with Crippen LogP contribution in [-0.4, -0.2) is 51.9 Å². The summed E-state index contributed by atoms with van der Waals surface area (Å²) in [4.78, 5) is 15.8. The van der Waals surface area contributed by atoms with Gasteiger partial charge in [-0.15, -0.1) is 0 Å². The maximum absolute atomic E-state index is 11.1. The van der Waals surface area contributed by atoms with Gasteiger partial charge < -0.3 is 10.0 Å². The third-order valence-corrected chi connectivity index (χ3v) is 4.75. The van der Waals surface area contributed by atoms with E-state index < -0.39 is 5.97 Å². The second-order valence-corrected chi connectivity index (χ2v) is 6.44. The third kappa shape index (κ3) is 3.59. The van der Waals surface area contributed by atoms with E-state index in [1.807, 2.05) is 6.07 Å². The number of hydrogen-bond donors (Lipinski definition) is 1. The molecule has 128 valence electrons. The minimum Gasteiger partial charge on any atom is -0.476 e.